The van der Waals surface area contributed by atoms with Crippen molar-refractivity contribution in [2.24, 2.45) is 17.8 Å². The molecule has 1 aliphatic heterocycles. The van der Waals surface area contributed by atoms with Crippen LogP contribution in [0.1, 0.15) is 25.5 Å². The Morgan fingerprint density at radius 3 is 2.42 bits per heavy atom. The first-order valence-electron chi connectivity index (χ1n) is 6.49. The van der Waals surface area contributed by atoms with Crippen LogP contribution in [0.4, 0.5) is 0 Å². The van der Waals surface area contributed by atoms with Crippen LogP contribution >= 0.6 is 0 Å². The third-order valence-corrected chi connectivity index (χ3v) is 4.06. The van der Waals surface area contributed by atoms with Gasteiger partial charge < -0.3 is 10.1 Å². The van der Waals surface area contributed by atoms with E-state index in [0.717, 1.165) is 5.56 Å². The Labute approximate surface area is 113 Å². The highest BCUT2D eigenvalue weighted by Gasteiger charge is 2.44. The van der Waals surface area contributed by atoms with Crippen molar-refractivity contribution < 1.29 is 14.3 Å². The van der Waals surface area contributed by atoms with Crippen LogP contribution in [0.25, 0.3) is 0 Å². The Bertz CT molecular complexity index is 472. The molecular formula is C15H19NO3. The van der Waals surface area contributed by atoms with Gasteiger partial charge in [-0.15, -0.1) is 0 Å². The summed E-state index contributed by atoms with van der Waals surface area (Å²) in [5, 5.41) is 2.94. The van der Waals surface area contributed by atoms with Crippen molar-refractivity contribution in [3.05, 3.63) is 35.9 Å². The number of ether oxygens (including phenoxy) is 1. The molecule has 1 fully saturated rings. The predicted molar refractivity (Wildman–Crippen MR) is 71.2 cm³/mol. The normalized spacial score (nSPS) is 30.6. The Morgan fingerprint density at radius 2 is 1.84 bits per heavy atom. The molecule has 1 heterocycles. The van der Waals surface area contributed by atoms with Crippen LogP contribution in [-0.4, -0.2) is 19.0 Å². The largest absolute Gasteiger partial charge is 0.469 e. The van der Waals surface area contributed by atoms with Gasteiger partial charge in [0.05, 0.1) is 19.1 Å². The van der Waals surface area contributed by atoms with Gasteiger partial charge in [-0.3, -0.25) is 9.59 Å². The Hall–Kier alpha value is -1.84. The predicted octanol–water partition coefficient (Wildman–Crippen LogP) is 1.92. The summed E-state index contributed by atoms with van der Waals surface area (Å²) < 4.78 is 4.91. The lowest BCUT2D eigenvalue weighted by atomic mass is 9.74. The second kappa shape index (κ2) is 5.43. The maximum Gasteiger partial charge on any atom is 0.311 e. The van der Waals surface area contributed by atoms with Crippen molar-refractivity contribution in [2.45, 2.75) is 19.9 Å². The van der Waals surface area contributed by atoms with Crippen molar-refractivity contribution in [1.29, 1.82) is 0 Å². The average molecular weight is 261 g/mol. The summed E-state index contributed by atoms with van der Waals surface area (Å²) in [7, 11) is 1.39. The Kier molecular flexibility index (Phi) is 3.88. The maximum atomic E-state index is 12.0. The molecule has 2 rings (SSSR count). The van der Waals surface area contributed by atoms with E-state index in [0.29, 0.717) is 0 Å². The van der Waals surface area contributed by atoms with Crippen LogP contribution in [0.3, 0.4) is 0 Å². The number of rotatable bonds is 2. The number of carbonyl (C=O) groups is 2. The van der Waals surface area contributed by atoms with Crippen LogP contribution in [0.5, 0.6) is 0 Å². The number of benzene rings is 1. The van der Waals surface area contributed by atoms with Crippen LogP contribution in [0, 0.1) is 17.8 Å². The van der Waals surface area contributed by atoms with Crippen LogP contribution in [-0.2, 0) is 14.3 Å². The number of hydrogen-bond donors (Lipinski definition) is 1. The van der Waals surface area contributed by atoms with Gasteiger partial charge in [-0.25, -0.2) is 0 Å². The van der Waals surface area contributed by atoms with Gasteiger partial charge in [0.1, 0.15) is 0 Å². The first-order chi connectivity index (χ1) is 9.06. The van der Waals surface area contributed by atoms with E-state index in [1.165, 1.54) is 7.11 Å². The smallest absolute Gasteiger partial charge is 0.311 e. The molecule has 0 aliphatic carbocycles. The molecule has 1 aromatic rings. The molecule has 4 atom stereocenters. The van der Waals surface area contributed by atoms with E-state index in [9.17, 15) is 9.59 Å². The molecule has 0 saturated carbocycles. The van der Waals surface area contributed by atoms with Crippen molar-refractivity contribution in [3.8, 4) is 0 Å². The maximum absolute atomic E-state index is 12.0. The average Bonchev–Trinajstić information content (AvgIpc) is 2.44. The van der Waals surface area contributed by atoms with Gasteiger partial charge >= 0.3 is 5.97 Å². The minimum Gasteiger partial charge on any atom is -0.469 e. The number of carbonyl (C=O) groups excluding carboxylic acids is 2. The van der Waals surface area contributed by atoms with Crippen molar-refractivity contribution >= 4 is 11.9 Å². The molecule has 1 amide bonds. The highest BCUT2D eigenvalue weighted by molar-refractivity contribution is 5.84. The first-order valence-corrected chi connectivity index (χ1v) is 6.49. The quantitative estimate of drug-likeness (QED) is 0.827. The molecule has 102 valence electrons. The zero-order valence-corrected chi connectivity index (χ0v) is 11.4. The zero-order chi connectivity index (χ0) is 14.0. The lowest BCUT2D eigenvalue weighted by Crippen LogP contribution is -2.50. The minimum atomic E-state index is -0.347. The molecule has 19 heavy (non-hydrogen) atoms. The topological polar surface area (TPSA) is 55.4 Å². The minimum absolute atomic E-state index is 0.0125. The fraction of sp³-hybridized carbons (Fsp3) is 0.467. The molecule has 1 saturated heterocycles. The van der Waals surface area contributed by atoms with E-state index in [-0.39, 0.29) is 35.7 Å². The SMILES string of the molecule is COC(=O)[C@H]1[C@H](C)[C@H](C)C(=O)N[C@@H]1c1ccccc1. The molecule has 1 N–H and O–H groups in total. The summed E-state index contributed by atoms with van der Waals surface area (Å²) in [6, 6.07) is 9.24. The summed E-state index contributed by atoms with van der Waals surface area (Å²) in [4.78, 5) is 24.0. The number of amides is 1. The lowest BCUT2D eigenvalue weighted by molar-refractivity contribution is -0.153. The molecule has 1 aliphatic rings. The summed E-state index contributed by atoms with van der Waals surface area (Å²) in [5.41, 5.74) is 0.935. The summed E-state index contributed by atoms with van der Waals surface area (Å²) in [6.45, 7) is 3.78. The molecule has 0 aromatic heterocycles. The molecule has 4 nitrogen and oxygen atoms in total. The summed E-state index contributed by atoms with van der Waals surface area (Å²) >= 11 is 0. The standard InChI is InChI=1S/C15H19NO3/c1-9-10(2)14(17)16-13(12(9)15(18)19-3)11-7-5-4-6-8-11/h4-10,12-13H,1-3H3,(H,16,17)/t9-,10+,12+,13-/m1/s1. The van der Waals surface area contributed by atoms with Gasteiger partial charge in [0.2, 0.25) is 5.91 Å². The van der Waals surface area contributed by atoms with Gasteiger partial charge in [-0.1, -0.05) is 44.2 Å². The van der Waals surface area contributed by atoms with Gasteiger partial charge in [0.25, 0.3) is 0 Å². The summed E-state index contributed by atoms with van der Waals surface area (Å²) in [5.74, 6) is -0.870. The second-order valence-corrected chi connectivity index (χ2v) is 5.09. The third kappa shape index (κ3) is 2.48. The molecular weight excluding hydrogens is 242 g/mol. The van der Waals surface area contributed by atoms with E-state index in [2.05, 4.69) is 5.32 Å². The number of hydrogen-bond acceptors (Lipinski definition) is 3. The Morgan fingerprint density at radius 1 is 1.21 bits per heavy atom. The van der Waals surface area contributed by atoms with Gasteiger partial charge in [0, 0.05) is 5.92 Å². The molecule has 4 heteroatoms. The molecule has 0 bridgehead atoms. The number of nitrogens with one attached hydrogen (secondary N) is 1. The highest BCUT2D eigenvalue weighted by atomic mass is 16.5. The second-order valence-electron chi connectivity index (χ2n) is 5.09. The number of esters is 1. The summed E-state index contributed by atoms with van der Waals surface area (Å²) in [6.07, 6.45) is 0. The molecule has 0 spiro atoms. The fourth-order valence-corrected chi connectivity index (χ4v) is 2.67. The number of methoxy groups -OCH3 is 1. The van der Waals surface area contributed by atoms with E-state index in [1.807, 2.05) is 44.2 Å². The molecule has 0 radical (unpaired) electrons. The molecule has 1 aromatic carbocycles. The number of piperidine rings is 1. The lowest BCUT2D eigenvalue weighted by Gasteiger charge is -2.38. The van der Waals surface area contributed by atoms with Gasteiger partial charge in [-0.2, -0.15) is 0 Å². The Balaban J connectivity index is 2.38. The first kappa shape index (κ1) is 13.6. The highest BCUT2D eigenvalue weighted by Crippen LogP contribution is 2.37. The van der Waals surface area contributed by atoms with Crippen molar-refractivity contribution in [3.63, 3.8) is 0 Å². The van der Waals surface area contributed by atoms with E-state index in [4.69, 9.17) is 4.74 Å². The van der Waals surface area contributed by atoms with Gasteiger partial charge in [0.15, 0.2) is 0 Å². The van der Waals surface area contributed by atoms with E-state index < -0.39 is 0 Å². The monoisotopic (exact) mass is 261 g/mol. The van der Waals surface area contributed by atoms with Crippen molar-refractivity contribution in [1.82, 2.24) is 5.32 Å². The molecule has 0 unspecified atom stereocenters. The van der Waals surface area contributed by atoms with Gasteiger partial charge in [-0.05, 0) is 11.5 Å². The van der Waals surface area contributed by atoms with E-state index >= 15 is 0 Å². The van der Waals surface area contributed by atoms with E-state index in [1.54, 1.807) is 0 Å². The van der Waals surface area contributed by atoms with Crippen molar-refractivity contribution in [2.75, 3.05) is 7.11 Å². The fourth-order valence-electron chi connectivity index (χ4n) is 2.67. The van der Waals surface area contributed by atoms with Crippen LogP contribution < -0.4 is 5.32 Å². The zero-order valence-electron chi connectivity index (χ0n) is 11.4. The van der Waals surface area contributed by atoms with Crippen LogP contribution in [0.15, 0.2) is 30.3 Å². The van der Waals surface area contributed by atoms with Crippen LogP contribution in [0.2, 0.25) is 0 Å². The third-order valence-electron chi connectivity index (χ3n) is 4.06.